The molecule has 2 heterocycles. The van der Waals surface area contributed by atoms with Crippen LogP contribution in [0.2, 0.25) is 0 Å². The molecule has 0 saturated carbocycles. The van der Waals surface area contributed by atoms with E-state index in [1.165, 1.54) is 0 Å². The van der Waals surface area contributed by atoms with Gasteiger partial charge in [-0.05, 0) is 48.5 Å². The molecule has 146 valence electrons. The van der Waals surface area contributed by atoms with E-state index in [9.17, 15) is 4.79 Å². The third-order valence-corrected chi connectivity index (χ3v) is 4.45. The monoisotopic (exact) mass is 389 g/mol. The van der Waals surface area contributed by atoms with Gasteiger partial charge in [-0.25, -0.2) is 5.43 Å². The number of nitrogens with one attached hydrogen (secondary N) is 1. The molecule has 0 fully saturated rings. The number of benzene rings is 2. The first-order valence-corrected chi connectivity index (χ1v) is 8.91. The van der Waals surface area contributed by atoms with Gasteiger partial charge < -0.3 is 18.5 Å². The van der Waals surface area contributed by atoms with Crippen LogP contribution in [0.25, 0.3) is 16.7 Å². The minimum absolute atomic E-state index is 0.159. The molecule has 0 spiro atoms. The van der Waals surface area contributed by atoms with Crippen molar-refractivity contribution < 1.29 is 18.7 Å². The van der Waals surface area contributed by atoms with Crippen LogP contribution < -0.4 is 14.9 Å². The van der Waals surface area contributed by atoms with Crippen molar-refractivity contribution in [2.24, 2.45) is 5.10 Å². The van der Waals surface area contributed by atoms with Gasteiger partial charge in [-0.15, -0.1) is 0 Å². The van der Waals surface area contributed by atoms with Gasteiger partial charge in [0.05, 0.1) is 26.1 Å². The summed E-state index contributed by atoms with van der Waals surface area (Å²) in [5.41, 5.74) is 4.78. The van der Waals surface area contributed by atoms with Gasteiger partial charge >= 0.3 is 5.91 Å². The topological polar surface area (TPSA) is 78.0 Å². The largest absolute Gasteiger partial charge is 0.497 e. The van der Waals surface area contributed by atoms with E-state index >= 15 is 0 Å². The number of amides is 1. The third kappa shape index (κ3) is 3.70. The zero-order chi connectivity index (χ0) is 20.2. The average molecular weight is 389 g/mol. The van der Waals surface area contributed by atoms with Gasteiger partial charge in [0, 0.05) is 17.3 Å². The molecule has 4 rings (SSSR count). The summed E-state index contributed by atoms with van der Waals surface area (Å²) in [7, 11) is 3.18. The molecular formula is C22H19N3O4. The molecule has 2 aromatic heterocycles. The molecule has 0 bridgehead atoms. The first kappa shape index (κ1) is 18.4. The zero-order valence-electron chi connectivity index (χ0n) is 16.0. The van der Waals surface area contributed by atoms with Gasteiger partial charge in [0.2, 0.25) is 0 Å². The van der Waals surface area contributed by atoms with E-state index in [1.54, 1.807) is 32.6 Å². The van der Waals surface area contributed by atoms with E-state index in [-0.39, 0.29) is 5.76 Å². The number of aromatic nitrogens is 1. The number of hydrogen-bond acceptors (Lipinski definition) is 5. The lowest BCUT2D eigenvalue weighted by molar-refractivity contribution is 0.0929. The van der Waals surface area contributed by atoms with Crippen LogP contribution in [0.15, 0.2) is 76.4 Å². The Labute approximate surface area is 167 Å². The summed E-state index contributed by atoms with van der Waals surface area (Å²) in [5, 5.41) is 4.85. The molecule has 29 heavy (non-hydrogen) atoms. The number of rotatable bonds is 6. The summed E-state index contributed by atoms with van der Waals surface area (Å²) in [4.78, 5) is 12.4. The maximum Gasteiger partial charge on any atom is 0.307 e. The standard InChI is InChI=1S/C22H19N3O4/c1-27-18-10-8-16(9-11-18)25-12-4-6-17(25)14-23-24-22(26)20-13-15-5-3-7-19(28-2)21(15)29-20/h3-14H,1-2H3,(H,24,26)/b23-14-. The van der Waals surface area contributed by atoms with E-state index in [4.69, 9.17) is 13.9 Å². The SMILES string of the molecule is COc1ccc(-n2cccc2/C=N\NC(=O)c2cc3cccc(OC)c3o2)cc1. The fourth-order valence-electron chi connectivity index (χ4n) is 3.00. The molecule has 0 atom stereocenters. The Hall–Kier alpha value is -4.00. The van der Waals surface area contributed by atoms with E-state index in [0.717, 1.165) is 22.5 Å². The maximum atomic E-state index is 12.4. The van der Waals surface area contributed by atoms with Crippen molar-refractivity contribution in [3.05, 3.63) is 78.3 Å². The highest BCUT2D eigenvalue weighted by atomic mass is 16.5. The second-order valence-electron chi connectivity index (χ2n) is 6.19. The molecule has 7 nitrogen and oxygen atoms in total. The predicted octanol–water partition coefficient (Wildman–Crippen LogP) is 4.00. The average Bonchev–Trinajstić information content (AvgIpc) is 3.40. The molecule has 0 saturated heterocycles. The van der Waals surface area contributed by atoms with Crippen LogP contribution in [0, 0.1) is 0 Å². The van der Waals surface area contributed by atoms with Crippen molar-refractivity contribution in [2.75, 3.05) is 14.2 Å². The van der Waals surface area contributed by atoms with Crippen molar-refractivity contribution in [1.29, 1.82) is 0 Å². The molecule has 1 amide bonds. The van der Waals surface area contributed by atoms with E-state index < -0.39 is 5.91 Å². The Balaban J connectivity index is 1.49. The highest BCUT2D eigenvalue weighted by molar-refractivity contribution is 5.97. The molecule has 0 unspecified atom stereocenters. The van der Waals surface area contributed by atoms with Crippen molar-refractivity contribution in [2.45, 2.75) is 0 Å². The van der Waals surface area contributed by atoms with Crippen LogP contribution in [0.1, 0.15) is 16.2 Å². The zero-order valence-corrected chi connectivity index (χ0v) is 16.0. The number of carbonyl (C=O) groups is 1. The third-order valence-electron chi connectivity index (χ3n) is 4.45. The number of ether oxygens (including phenoxy) is 2. The minimum atomic E-state index is -0.443. The van der Waals surface area contributed by atoms with Crippen molar-refractivity contribution >= 4 is 23.1 Å². The second kappa shape index (κ2) is 7.93. The Kier molecular flexibility index (Phi) is 5.03. The van der Waals surface area contributed by atoms with Gasteiger partial charge in [0.15, 0.2) is 17.1 Å². The summed E-state index contributed by atoms with van der Waals surface area (Å²) in [5.74, 6) is 1.07. The van der Waals surface area contributed by atoms with Crippen LogP contribution in [-0.2, 0) is 0 Å². The number of carbonyl (C=O) groups excluding carboxylic acids is 1. The number of methoxy groups -OCH3 is 2. The number of nitrogens with zero attached hydrogens (tertiary/aromatic N) is 2. The van der Waals surface area contributed by atoms with Crippen LogP contribution in [0.3, 0.4) is 0 Å². The summed E-state index contributed by atoms with van der Waals surface area (Å²) in [6, 6.07) is 18.6. The number of para-hydroxylation sites is 1. The molecule has 2 aromatic carbocycles. The Morgan fingerprint density at radius 1 is 1.07 bits per heavy atom. The number of hydrogen-bond donors (Lipinski definition) is 1. The smallest absolute Gasteiger partial charge is 0.307 e. The lowest BCUT2D eigenvalue weighted by Gasteiger charge is -2.07. The number of fused-ring (bicyclic) bond motifs is 1. The number of furan rings is 1. The Morgan fingerprint density at radius 3 is 2.66 bits per heavy atom. The second-order valence-corrected chi connectivity index (χ2v) is 6.19. The first-order valence-electron chi connectivity index (χ1n) is 8.91. The molecule has 0 aliphatic carbocycles. The van der Waals surface area contributed by atoms with Crippen LogP contribution in [0.5, 0.6) is 11.5 Å². The minimum Gasteiger partial charge on any atom is -0.497 e. The van der Waals surface area contributed by atoms with Gasteiger partial charge in [0.1, 0.15) is 5.75 Å². The van der Waals surface area contributed by atoms with E-state index in [0.29, 0.717) is 11.3 Å². The van der Waals surface area contributed by atoms with Gasteiger partial charge in [-0.2, -0.15) is 5.10 Å². The lowest BCUT2D eigenvalue weighted by atomic mass is 10.2. The molecule has 0 aliphatic rings. The van der Waals surface area contributed by atoms with Gasteiger partial charge in [-0.1, -0.05) is 12.1 Å². The predicted molar refractivity (Wildman–Crippen MR) is 110 cm³/mol. The summed E-state index contributed by atoms with van der Waals surface area (Å²) >= 11 is 0. The fraction of sp³-hybridized carbons (Fsp3) is 0.0909. The summed E-state index contributed by atoms with van der Waals surface area (Å²) in [6.07, 6.45) is 3.49. The molecule has 0 radical (unpaired) electrons. The van der Waals surface area contributed by atoms with Crippen molar-refractivity contribution in [1.82, 2.24) is 9.99 Å². The lowest BCUT2D eigenvalue weighted by Crippen LogP contribution is -2.17. The number of hydrazone groups is 1. The van der Waals surface area contributed by atoms with Gasteiger partial charge in [0.25, 0.3) is 0 Å². The molecule has 7 heteroatoms. The Morgan fingerprint density at radius 2 is 1.90 bits per heavy atom. The van der Waals surface area contributed by atoms with Gasteiger partial charge in [-0.3, -0.25) is 4.79 Å². The highest BCUT2D eigenvalue weighted by Gasteiger charge is 2.14. The Bertz CT molecular complexity index is 1170. The highest BCUT2D eigenvalue weighted by Crippen LogP contribution is 2.28. The fourth-order valence-corrected chi connectivity index (χ4v) is 3.00. The van der Waals surface area contributed by atoms with Crippen LogP contribution in [-0.4, -0.2) is 30.9 Å². The first-order chi connectivity index (χ1) is 14.2. The molecular weight excluding hydrogens is 370 g/mol. The molecule has 1 N–H and O–H groups in total. The normalized spacial score (nSPS) is 11.1. The molecule has 4 aromatic rings. The van der Waals surface area contributed by atoms with Crippen molar-refractivity contribution in [3.8, 4) is 17.2 Å². The van der Waals surface area contributed by atoms with E-state index in [1.807, 2.05) is 59.3 Å². The van der Waals surface area contributed by atoms with Crippen molar-refractivity contribution in [3.63, 3.8) is 0 Å². The summed E-state index contributed by atoms with van der Waals surface area (Å²) in [6.45, 7) is 0. The van der Waals surface area contributed by atoms with E-state index in [2.05, 4.69) is 10.5 Å². The van der Waals surface area contributed by atoms with Crippen LogP contribution >= 0.6 is 0 Å². The quantitative estimate of drug-likeness (QED) is 0.399. The summed E-state index contributed by atoms with van der Waals surface area (Å²) < 4.78 is 18.0. The maximum absolute atomic E-state index is 12.4. The molecule has 0 aliphatic heterocycles. The van der Waals surface area contributed by atoms with Crippen LogP contribution in [0.4, 0.5) is 0 Å².